The number of imide groups is 1. The Morgan fingerprint density at radius 2 is 2.04 bits per heavy atom. The van der Waals surface area contributed by atoms with E-state index in [4.69, 9.17) is 21.6 Å². The van der Waals surface area contributed by atoms with Crippen molar-refractivity contribution in [2.24, 2.45) is 0 Å². The molecule has 8 heteroatoms. The van der Waals surface area contributed by atoms with Gasteiger partial charge in [0.05, 0.1) is 22.5 Å². The van der Waals surface area contributed by atoms with Gasteiger partial charge in [-0.25, -0.2) is 9.78 Å². The van der Waals surface area contributed by atoms with Crippen LogP contribution in [0.5, 0.6) is 11.6 Å². The smallest absolute Gasteiger partial charge is 0.329 e. The van der Waals surface area contributed by atoms with Gasteiger partial charge in [0, 0.05) is 12.1 Å². The Bertz CT molecular complexity index is 903. The first kappa shape index (κ1) is 16.7. The summed E-state index contributed by atoms with van der Waals surface area (Å²) >= 11 is 5.96. The third-order valence-corrected chi connectivity index (χ3v) is 4.11. The zero-order valence-corrected chi connectivity index (χ0v) is 14.2. The molecule has 25 heavy (non-hydrogen) atoms. The van der Waals surface area contributed by atoms with Gasteiger partial charge in [-0.05, 0) is 32.0 Å². The fraction of sp³-hybridized carbons (Fsp3) is 0.176. The predicted octanol–water partition coefficient (Wildman–Crippen LogP) is 3.23. The van der Waals surface area contributed by atoms with Gasteiger partial charge in [0.2, 0.25) is 5.88 Å². The van der Waals surface area contributed by atoms with E-state index in [1.54, 1.807) is 38.1 Å². The number of amides is 3. The second kappa shape index (κ2) is 6.07. The van der Waals surface area contributed by atoms with Gasteiger partial charge in [0.1, 0.15) is 17.4 Å². The number of hydrogen-bond acceptors (Lipinski definition) is 5. The molecule has 2 aromatic rings. The highest BCUT2D eigenvalue weighted by atomic mass is 35.5. The molecule has 0 saturated carbocycles. The lowest BCUT2D eigenvalue weighted by atomic mass is 10.0. The van der Waals surface area contributed by atoms with Crippen molar-refractivity contribution in [2.45, 2.75) is 19.4 Å². The first-order valence-electron chi connectivity index (χ1n) is 7.32. The second-order valence-corrected chi connectivity index (χ2v) is 6.27. The molecule has 2 heterocycles. The summed E-state index contributed by atoms with van der Waals surface area (Å²) in [7, 11) is 0. The van der Waals surface area contributed by atoms with Crippen molar-refractivity contribution in [1.29, 1.82) is 5.26 Å². The van der Waals surface area contributed by atoms with Crippen molar-refractivity contribution >= 4 is 29.2 Å². The highest BCUT2D eigenvalue weighted by molar-refractivity contribution is 6.31. The molecule has 1 aliphatic heterocycles. The molecule has 0 atom stereocenters. The number of halogens is 1. The van der Waals surface area contributed by atoms with Crippen LogP contribution in [0.3, 0.4) is 0 Å². The van der Waals surface area contributed by atoms with Crippen molar-refractivity contribution in [3.63, 3.8) is 0 Å². The van der Waals surface area contributed by atoms with Gasteiger partial charge in [-0.2, -0.15) is 5.26 Å². The Morgan fingerprint density at radius 1 is 1.28 bits per heavy atom. The molecule has 1 aliphatic rings. The molecule has 0 spiro atoms. The fourth-order valence-corrected chi connectivity index (χ4v) is 2.65. The zero-order chi connectivity index (χ0) is 18.2. The SMILES string of the molecule is CC1(C)C(=O)NC(=O)N1c1ccc(Oc2ccc(C#N)c(Cl)c2)nc1. The maximum absolute atomic E-state index is 12.0. The first-order valence-corrected chi connectivity index (χ1v) is 7.70. The molecule has 1 aromatic carbocycles. The summed E-state index contributed by atoms with van der Waals surface area (Å²) in [5.74, 6) is 0.344. The van der Waals surface area contributed by atoms with Crippen molar-refractivity contribution in [3.8, 4) is 17.7 Å². The van der Waals surface area contributed by atoms with E-state index in [0.29, 0.717) is 17.0 Å². The summed E-state index contributed by atoms with van der Waals surface area (Å²) in [6, 6.07) is 9.36. The third-order valence-electron chi connectivity index (χ3n) is 3.80. The van der Waals surface area contributed by atoms with Crippen molar-refractivity contribution in [2.75, 3.05) is 4.90 Å². The minimum Gasteiger partial charge on any atom is -0.439 e. The number of rotatable bonds is 3. The van der Waals surface area contributed by atoms with Gasteiger partial charge in [-0.15, -0.1) is 0 Å². The predicted molar refractivity (Wildman–Crippen MR) is 90.6 cm³/mol. The number of nitrogens with one attached hydrogen (secondary N) is 1. The van der Waals surface area contributed by atoms with Gasteiger partial charge >= 0.3 is 6.03 Å². The summed E-state index contributed by atoms with van der Waals surface area (Å²) in [6.45, 7) is 3.30. The number of carbonyl (C=O) groups excluding carboxylic acids is 2. The van der Waals surface area contributed by atoms with Crippen LogP contribution in [0.25, 0.3) is 0 Å². The Kier molecular flexibility index (Phi) is 4.07. The Morgan fingerprint density at radius 3 is 2.56 bits per heavy atom. The van der Waals surface area contributed by atoms with Crippen LogP contribution in [0.1, 0.15) is 19.4 Å². The molecule has 1 aromatic heterocycles. The number of urea groups is 1. The standard InChI is InChI=1S/C17H13ClN4O3/c1-17(2)15(23)21-16(24)22(17)11-4-6-14(20-9-11)25-12-5-3-10(8-19)13(18)7-12/h3-7,9H,1-2H3,(H,21,23,24). The number of pyridine rings is 1. The summed E-state index contributed by atoms with van der Waals surface area (Å²) in [5.41, 5.74) is -0.176. The zero-order valence-electron chi connectivity index (χ0n) is 13.4. The maximum Gasteiger partial charge on any atom is 0.329 e. The number of anilines is 1. The van der Waals surface area contributed by atoms with E-state index in [2.05, 4.69) is 10.3 Å². The summed E-state index contributed by atoms with van der Waals surface area (Å²) in [4.78, 5) is 29.3. The van der Waals surface area contributed by atoms with Crippen LogP contribution in [-0.2, 0) is 4.79 Å². The van der Waals surface area contributed by atoms with E-state index in [0.717, 1.165) is 0 Å². The van der Waals surface area contributed by atoms with E-state index in [9.17, 15) is 9.59 Å². The van der Waals surface area contributed by atoms with Crippen molar-refractivity contribution in [3.05, 3.63) is 47.1 Å². The number of ether oxygens (including phenoxy) is 1. The number of aromatic nitrogens is 1. The highest BCUT2D eigenvalue weighted by Gasteiger charge is 2.46. The third kappa shape index (κ3) is 2.99. The molecular weight excluding hydrogens is 344 g/mol. The number of benzene rings is 1. The van der Waals surface area contributed by atoms with Crippen LogP contribution in [-0.4, -0.2) is 22.5 Å². The molecule has 3 amide bonds. The van der Waals surface area contributed by atoms with Gasteiger partial charge in [0.25, 0.3) is 5.91 Å². The molecule has 0 bridgehead atoms. The van der Waals surface area contributed by atoms with Gasteiger partial charge in [0.15, 0.2) is 0 Å². The molecule has 1 fully saturated rings. The number of nitrogens with zero attached hydrogens (tertiary/aromatic N) is 3. The van der Waals surface area contributed by atoms with Gasteiger partial charge < -0.3 is 4.74 Å². The average Bonchev–Trinajstić information content (AvgIpc) is 2.76. The Balaban J connectivity index is 1.81. The minimum atomic E-state index is -0.998. The van der Waals surface area contributed by atoms with Crippen LogP contribution < -0.4 is 15.0 Å². The summed E-state index contributed by atoms with van der Waals surface area (Å²) in [5, 5.41) is 11.4. The second-order valence-electron chi connectivity index (χ2n) is 5.86. The lowest BCUT2D eigenvalue weighted by Crippen LogP contribution is -2.44. The van der Waals surface area contributed by atoms with Gasteiger partial charge in [-0.1, -0.05) is 11.6 Å². The monoisotopic (exact) mass is 356 g/mol. The van der Waals surface area contributed by atoms with Crippen LogP contribution in [0, 0.1) is 11.3 Å². The maximum atomic E-state index is 12.0. The topological polar surface area (TPSA) is 95.3 Å². The molecule has 0 aliphatic carbocycles. The Hall–Kier alpha value is -3.11. The normalized spacial score (nSPS) is 15.7. The molecule has 3 rings (SSSR count). The van der Waals surface area contributed by atoms with Crippen LogP contribution in [0.4, 0.5) is 10.5 Å². The molecule has 1 N–H and O–H groups in total. The quantitative estimate of drug-likeness (QED) is 0.852. The molecule has 7 nitrogen and oxygen atoms in total. The van der Waals surface area contributed by atoms with Crippen LogP contribution >= 0.6 is 11.6 Å². The molecule has 0 unspecified atom stereocenters. The number of hydrogen-bond donors (Lipinski definition) is 1. The lowest BCUT2D eigenvalue weighted by molar-refractivity contribution is -0.122. The van der Waals surface area contributed by atoms with Crippen molar-refractivity contribution < 1.29 is 14.3 Å². The average molecular weight is 357 g/mol. The minimum absolute atomic E-state index is 0.283. The van der Waals surface area contributed by atoms with E-state index in [1.165, 1.54) is 17.2 Å². The van der Waals surface area contributed by atoms with Crippen LogP contribution in [0.2, 0.25) is 5.02 Å². The molecular formula is C17H13ClN4O3. The first-order chi connectivity index (χ1) is 11.8. The number of carbonyl (C=O) groups is 2. The summed E-state index contributed by atoms with van der Waals surface area (Å²) < 4.78 is 5.59. The van der Waals surface area contributed by atoms with E-state index < -0.39 is 11.6 Å². The van der Waals surface area contributed by atoms with Crippen molar-refractivity contribution in [1.82, 2.24) is 10.3 Å². The van der Waals surface area contributed by atoms with Gasteiger partial charge in [-0.3, -0.25) is 15.0 Å². The van der Waals surface area contributed by atoms with E-state index >= 15 is 0 Å². The molecule has 0 radical (unpaired) electrons. The summed E-state index contributed by atoms with van der Waals surface area (Å²) in [6.07, 6.45) is 1.44. The largest absolute Gasteiger partial charge is 0.439 e. The lowest BCUT2D eigenvalue weighted by Gasteiger charge is -2.27. The molecule has 1 saturated heterocycles. The van der Waals surface area contributed by atoms with Crippen LogP contribution in [0.15, 0.2) is 36.5 Å². The van der Waals surface area contributed by atoms with E-state index in [-0.39, 0.29) is 16.8 Å². The number of nitriles is 1. The Labute approximate surface area is 148 Å². The fourth-order valence-electron chi connectivity index (χ4n) is 2.44. The van der Waals surface area contributed by atoms with E-state index in [1.807, 2.05) is 6.07 Å². The highest BCUT2D eigenvalue weighted by Crippen LogP contribution is 2.30. The molecule has 126 valence electrons.